The van der Waals surface area contributed by atoms with Gasteiger partial charge in [0.05, 0.1) is 5.56 Å². The van der Waals surface area contributed by atoms with Gasteiger partial charge < -0.3 is 15.7 Å². The van der Waals surface area contributed by atoms with Crippen LogP contribution in [0.15, 0.2) is 18.2 Å². The second-order valence-corrected chi connectivity index (χ2v) is 6.13. The molecule has 5 heteroatoms. The molecule has 2 aliphatic carbocycles. The van der Waals surface area contributed by atoms with E-state index in [1.807, 2.05) is 6.92 Å². The van der Waals surface area contributed by atoms with E-state index in [9.17, 15) is 9.59 Å². The highest BCUT2D eigenvalue weighted by atomic mass is 16.4. The topological polar surface area (TPSA) is 78.4 Å². The van der Waals surface area contributed by atoms with Crippen molar-refractivity contribution in [3.63, 3.8) is 0 Å². The summed E-state index contributed by atoms with van der Waals surface area (Å²) in [6.45, 7) is 1.85. The van der Waals surface area contributed by atoms with E-state index in [4.69, 9.17) is 5.11 Å². The molecule has 3 N–H and O–H groups in total. The highest BCUT2D eigenvalue weighted by molar-refractivity contribution is 5.94. The van der Waals surface area contributed by atoms with Gasteiger partial charge in [0, 0.05) is 11.7 Å². The van der Waals surface area contributed by atoms with Crippen LogP contribution in [0.4, 0.5) is 10.5 Å². The molecule has 2 fully saturated rings. The van der Waals surface area contributed by atoms with Gasteiger partial charge in [0.15, 0.2) is 0 Å². The molecule has 0 bridgehead atoms. The lowest BCUT2D eigenvalue weighted by molar-refractivity contribution is 0.0697. The van der Waals surface area contributed by atoms with Crippen molar-refractivity contribution in [2.75, 3.05) is 5.32 Å². The Kier molecular flexibility index (Phi) is 3.57. The van der Waals surface area contributed by atoms with Crippen molar-refractivity contribution < 1.29 is 14.7 Å². The third-order valence-electron chi connectivity index (χ3n) is 4.29. The number of nitrogens with one attached hydrogen (secondary N) is 2. The van der Waals surface area contributed by atoms with Crippen molar-refractivity contribution in [1.29, 1.82) is 0 Å². The molecule has 0 aromatic heterocycles. The maximum Gasteiger partial charge on any atom is 0.335 e. The zero-order valence-corrected chi connectivity index (χ0v) is 12.1. The minimum absolute atomic E-state index is 0.178. The summed E-state index contributed by atoms with van der Waals surface area (Å²) < 4.78 is 0. The maximum atomic E-state index is 12.2. The van der Waals surface area contributed by atoms with Crippen molar-refractivity contribution in [2.45, 2.75) is 38.6 Å². The largest absolute Gasteiger partial charge is 0.478 e. The van der Waals surface area contributed by atoms with Crippen molar-refractivity contribution in [3.05, 3.63) is 29.3 Å². The SMILES string of the molecule is Cc1ccc(C(=O)O)cc1NC(=O)NC(C1CC1)C1CC1. The summed E-state index contributed by atoms with van der Waals surface area (Å²) in [7, 11) is 0. The van der Waals surface area contributed by atoms with Gasteiger partial charge in [-0.2, -0.15) is 0 Å². The summed E-state index contributed by atoms with van der Waals surface area (Å²) in [5.74, 6) is 0.275. The van der Waals surface area contributed by atoms with Gasteiger partial charge >= 0.3 is 12.0 Å². The van der Waals surface area contributed by atoms with Crippen molar-refractivity contribution >= 4 is 17.7 Å². The molecular weight excluding hydrogens is 268 g/mol. The van der Waals surface area contributed by atoms with Crippen LogP contribution in [0.5, 0.6) is 0 Å². The third-order valence-corrected chi connectivity index (χ3v) is 4.29. The number of carbonyl (C=O) groups excluding carboxylic acids is 1. The van der Waals surface area contributed by atoms with E-state index in [-0.39, 0.29) is 17.6 Å². The van der Waals surface area contributed by atoms with E-state index in [0.717, 1.165) is 5.56 Å². The second kappa shape index (κ2) is 5.39. The van der Waals surface area contributed by atoms with E-state index >= 15 is 0 Å². The molecular formula is C16H20N2O3. The molecule has 5 nitrogen and oxygen atoms in total. The smallest absolute Gasteiger partial charge is 0.335 e. The lowest BCUT2D eigenvalue weighted by Gasteiger charge is -2.18. The molecule has 1 aromatic carbocycles. The van der Waals surface area contributed by atoms with E-state index in [1.165, 1.54) is 37.8 Å². The number of aromatic carboxylic acids is 1. The molecule has 1 aromatic rings. The van der Waals surface area contributed by atoms with Crippen LogP contribution in [0.1, 0.15) is 41.6 Å². The molecule has 0 atom stereocenters. The van der Waals surface area contributed by atoms with Gasteiger partial charge in [0.1, 0.15) is 0 Å². The lowest BCUT2D eigenvalue weighted by Crippen LogP contribution is -2.40. The number of amides is 2. The Bertz CT molecular complexity index is 565. The Morgan fingerprint density at radius 1 is 1.19 bits per heavy atom. The predicted octanol–water partition coefficient (Wildman–Crippen LogP) is 3.00. The first-order valence-electron chi connectivity index (χ1n) is 7.46. The van der Waals surface area contributed by atoms with Crippen LogP contribution in [0.3, 0.4) is 0 Å². The average molecular weight is 288 g/mol. The fraction of sp³-hybridized carbons (Fsp3) is 0.500. The predicted molar refractivity (Wildman–Crippen MR) is 79.5 cm³/mol. The number of hydrogen-bond acceptors (Lipinski definition) is 2. The average Bonchev–Trinajstić information content (AvgIpc) is 3.31. The van der Waals surface area contributed by atoms with Gasteiger partial charge in [0.25, 0.3) is 0 Å². The van der Waals surface area contributed by atoms with E-state index in [1.54, 1.807) is 6.07 Å². The zero-order valence-electron chi connectivity index (χ0n) is 12.1. The minimum atomic E-state index is -0.993. The molecule has 0 spiro atoms. The quantitative estimate of drug-likeness (QED) is 0.779. The minimum Gasteiger partial charge on any atom is -0.478 e. The number of anilines is 1. The molecule has 21 heavy (non-hydrogen) atoms. The Labute approximate surface area is 123 Å². The summed E-state index contributed by atoms with van der Waals surface area (Å²) in [5.41, 5.74) is 1.58. The Morgan fingerprint density at radius 2 is 1.81 bits per heavy atom. The van der Waals surface area contributed by atoms with E-state index in [2.05, 4.69) is 10.6 Å². The number of carboxylic acid groups (broad SMARTS) is 1. The molecule has 2 aliphatic rings. The van der Waals surface area contributed by atoms with Crippen LogP contribution in [0.2, 0.25) is 0 Å². The Hall–Kier alpha value is -2.04. The normalized spacial score (nSPS) is 17.6. The third kappa shape index (κ3) is 3.35. The summed E-state index contributed by atoms with van der Waals surface area (Å²) >= 11 is 0. The zero-order chi connectivity index (χ0) is 15.0. The van der Waals surface area contributed by atoms with Gasteiger partial charge in [0.2, 0.25) is 0 Å². The number of rotatable bonds is 5. The first kappa shape index (κ1) is 13.9. The number of carbonyl (C=O) groups is 2. The van der Waals surface area contributed by atoms with Gasteiger partial charge in [-0.25, -0.2) is 9.59 Å². The fourth-order valence-electron chi connectivity index (χ4n) is 2.73. The van der Waals surface area contributed by atoms with Crippen molar-refractivity contribution in [3.8, 4) is 0 Å². The van der Waals surface area contributed by atoms with Gasteiger partial charge in [-0.1, -0.05) is 6.07 Å². The van der Waals surface area contributed by atoms with Crippen molar-refractivity contribution in [2.24, 2.45) is 11.8 Å². The number of benzene rings is 1. The van der Waals surface area contributed by atoms with Crippen molar-refractivity contribution in [1.82, 2.24) is 5.32 Å². The molecule has 0 radical (unpaired) electrons. The van der Waals surface area contributed by atoms with Gasteiger partial charge in [-0.3, -0.25) is 0 Å². The van der Waals surface area contributed by atoms with Crippen LogP contribution in [0, 0.1) is 18.8 Å². The number of aryl methyl sites for hydroxylation is 1. The Balaban J connectivity index is 1.66. The highest BCUT2D eigenvalue weighted by Crippen LogP contribution is 2.44. The van der Waals surface area contributed by atoms with Crippen LogP contribution in [-0.2, 0) is 0 Å². The molecule has 112 valence electrons. The summed E-state index contributed by atoms with van der Waals surface area (Å²) in [6, 6.07) is 4.80. The first-order valence-corrected chi connectivity index (χ1v) is 7.46. The molecule has 0 heterocycles. The molecule has 2 saturated carbocycles. The number of hydrogen-bond donors (Lipinski definition) is 3. The van der Waals surface area contributed by atoms with Crippen LogP contribution in [0.25, 0.3) is 0 Å². The van der Waals surface area contributed by atoms with Gasteiger partial charge in [-0.15, -0.1) is 0 Å². The van der Waals surface area contributed by atoms with Crippen LogP contribution < -0.4 is 10.6 Å². The standard InChI is InChI=1S/C16H20N2O3/c1-9-2-3-12(15(19)20)8-13(9)17-16(21)18-14(10-4-5-10)11-6-7-11/h2-3,8,10-11,14H,4-7H2,1H3,(H,19,20)(H2,17,18,21). The highest BCUT2D eigenvalue weighted by Gasteiger charge is 2.42. The molecule has 3 rings (SSSR count). The first-order chi connectivity index (χ1) is 10.0. The van der Waals surface area contributed by atoms with Gasteiger partial charge in [-0.05, 0) is 62.1 Å². The molecule has 0 unspecified atom stereocenters. The summed E-state index contributed by atoms with van der Waals surface area (Å²) in [5, 5.41) is 14.9. The molecule has 0 saturated heterocycles. The Morgan fingerprint density at radius 3 is 2.33 bits per heavy atom. The second-order valence-electron chi connectivity index (χ2n) is 6.13. The lowest BCUT2D eigenvalue weighted by atomic mass is 10.1. The maximum absolute atomic E-state index is 12.2. The van der Waals surface area contributed by atoms with Crippen LogP contribution >= 0.6 is 0 Å². The number of urea groups is 1. The van der Waals surface area contributed by atoms with Crippen LogP contribution in [-0.4, -0.2) is 23.1 Å². The van der Waals surface area contributed by atoms with E-state index < -0.39 is 5.97 Å². The summed E-state index contributed by atoms with van der Waals surface area (Å²) in [4.78, 5) is 23.1. The monoisotopic (exact) mass is 288 g/mol. The van der Waals surface area contributed by atoms with E-state index in [0.29, 0.717) is 17.5 Å². The number of carboxylic acids is 1. The fourth-order valence-corrected chi connectivity index (χ4v) is 2.73. The summed E-state index contributed by atoms with van der Waals surface area (Å²) in [6.07, 6.45) is 4.81. The molecule has 0 aliphatic heterocycles. The molecule has 2 amide bonds.